The van der Waals surface area contributed by atoms with Gasteiger partial charge >= 0.3 is 0 Å². The Balaban J connectivity index is 2.27. The summed E-state index contributed by atoms with van der Waals surface area (Å²) in [7, 11) is 1.58. The molecule has 2 nitrogen and oxygen atoms in total. The molecular weight excluding hydrogens is 279 g/mol. The summed E-state index contributed by atoms with van der Waals surface area (Å²) < 4.78 is 18.3. The molecule has 2 aromatic carbocycles. The first kappa shape index (κ1) is 14.8. The Morgan fingerprint density at radius 3 is 2.45 bits per heavy atom. The summed E-state index contributed by atoms with van der Waals surface area (Å²) in [6.07, 6.45) is 0.232. The number of ether oxygens (including phenoxy) is 1. The number of hydrogen-bond donors (Lipinski definition) is 1. The highest BCUT2D eigenvalue weighted by Gasteiger charge is 2.25. The molecule has 0 aliphatic heterocycles. The van der Waals surface area contributed by atoms with E-state index in [0.717, 1.165) is 5.56 Å². The maximum atomic E-state index is 13.3. The van der Waals surface area contributed by atoms with Gasteiger partial charge in [-0.05, 0) is 48.4 Å². The maximum absolute atomic E-state index is 13.3. The lowest BCUT2D eigenvalue weighted by molar-refractivity contribution is 0.0575. The number of methoxy groups -OCH3 is 1. The second-order valence-electron chi connectivity index (χ2n) is 4.91. The average Bonchev–Trinajstić information content (AvgIpc) is 2.43. The predicted molar refractivity (Wildman–Crippen MR) is 77.7 cm³/mol. The molecule has 20 heavy (non-hydrogen) atoms. The first-order valence-electron chi connectivity index (χ1n) is 6.23. The van der Waals surface area contributed by atoms with Gasteiger partial charge in [-0.15, -0.1) is 0 Å². The molecule has 0 fully saturated rings. The maximum Gasteiger partial charge on any atom is 0.123 e. The summed E-state index contributed by atoms with van der Waals surface area (Å²) >= 11 is 6.04. The van der Waals surface area contributed by atoms with Crippen molar-refractivity contribution in [3.63, 3.8) is 0 Å². The molecule has 1 unspecified atom stereocenters. The van der Waals surface area contributed by atoms with E-state index in [2.05, 4.69) is 0 Å². The van der Waals surface area contributed by atoms with E-state index in [9.17, 15) is 9.50 Å². The van der Waals surface area contributed by atoms with Crippen molar-refractivity contribution in [1.82, 2.24) is 0 Å². The molecule has 1 N–H and O–H groups in total. The van der Waals surface area contributed by atoms with E-state index in [0.29, 0.717) is 16.3 Å². The Labute approximate surface area is 122 Å². The van der Waals surface area contributed by atoms with Gasteiger partial charge in [0.05, 0.1) is 12.7 Å². The summed E-state index contributed by atoms with van der Waals surface area (Å²) in [5.41, 5.74) is 0.162. The van der Waals surface area contributed by atoms with Gasteiger partial charge in [-0.25, -0.2) is 4.39 Å². The van der Waals surface area contributed by atoms with Crippen LogP contribution in [0.1, 0.15) is 18.1 Å². The van der Waals surface area contributed by atoms with E-state index >= 15 is 0 Å². The van der Waals surface area contributed by atoms with Crippen LogP contribution in [0.15, 0.2) is 42.5 Å². The molecule has 0 bridgehead atoms. The number of rotatable bonds is 4. The normalized spacial score (nSPS) is 13.8. The van der Waals surface area contributed by atoms with E-state index in [4.69, 9.17) is 16.3 Å². The van der Waals surface area contributed by atoms with Gasteiger partial charge in [0.1, 0.15) is 11.6 Å². The van der Waals surface area contributed by atoms with Crippen molar-refractivity contribution in [1.29, 1.82) is 0 Å². The van der Waals surface area contributed by atoms with Gasteiger partial charge in [-0.1, -0.05) is 23.7 Å². The van der Waals surface area contributed by atoms with Crippen LogP contribution in [-0.4, -0.2) is 12.2 Å². The summed E-state index contributed by atoms with van der Waals surface area (Å²) in [5, 5.41) is 11.0. The van der Waals surface area contributed by atoms with Crippen LogP contribution in [0.4, 0.5) is 4.39 Å². The minimum Gasteiger partial charge on any atom is -0.497 e. The Morgan fingerprint density at radius 2 is 1.85 bits per heavy atom. The van der Waals surface area contributed by atoms with Crippen LogP contribution >= 0.6 is 11.6 Å². The highest BCUT2D eigenvalue weighted by molar-refractivity contribution is 6.31. The van der Waals surface area contributed by atoms with Crippen molar-refractivity contribution in [2.45, 2.75) is 18.9 Å². The Hall–Kier alpha value is -1.58. The molecule has 106 valence electrons. The van der Waals surface area contributed by atoms with Crippen molar-refractivity contribution >= 4 is 11.6 Å². The standard InChI is InChI=1S/C16H16ClFO2/c1-16(19,12-3-6-14(20-2)7-4-12)10-11-9-13(18)5-8-15(11)17/h3-9,19H,10H2,1-2H3. The van der Waals surface area contributed by atoms with Crippen LogP contribution in [0.2, 0.25) is 5.02 Å². The minimum atomic E-state index is -1.14. The van der Waals surface area contributed by atoms with Crippen LogP contribution in [0.3, 0.4) is 0 Å². The Morgan fingerprint density at radius 1 is 1.20 bits per heavy atom. The molecule has 0 aromatic heterocycles. The zero-order valence-corrected chi connectivity index (χ0v) is 12.1. The van der Waals surface area contributed by atoms with Crippen molar-refractivity contribution in [2.24, 2.45) is 0 Å². The molecular formula is C16H16ClFO2. The summed E-state index contributed by atoms with van der Waals surface area (Å²) in [6.45, 7) is 1.68. The third kappa shape index (κ3) is 3.30. The number of benzene rings is 2. The van der Waals surface area contributed by atoms with E-state index < -0.39 is 5.60 Å². The van der Waals surface area contributed by atoms with Crippen LogP contribution in [-0.2, 0) is 12.0 Å². The van der Waals surface area contributed by atoms with E-state index in [1.165, 1.54) is 18.2 Å². The third-order valence-corrected chi connectivity index (χ3v) is 3.62. The van der Waals surface area contributed by atoms with Crippen molar-refractivity contribution in [3.8, 4) is 5.75 Å². The largest absolute Gasteiger partial charge is 0.497 e. The molecule has 0 heterocycles. The molecule has 0 saturated heterocycles. The van der Waals surface area contributed by atoms with Gasteiger partial charge in [0.2, 0.25) is 0 Å². The topological polar surface area (TPSA) is 29.5 Å². The van der Waals surface area contributed by atoms with Crippen LogP contribution in [0.5, 0.6) is 5.75 Å². The van der Waals surface area contributed by atoms with E-state index in [1.54, 1.807) is 38.3 Å². The van der Waals surface area contributed by atoms with Gasteiger partial charge < -0.3 is 9.84 Å². The second-order valence-corrected chi connectivity index (χ2v) is 5.32. The lowest BCUT2D eigenvalue weighted by Gasteiger charge is -2.24. The first-order valence-corrected chi connectivity index (χ1v) is 6.61. The van der Waals surface area contributed by atoms with Gasteiger partial charge in [-0.2, -0.15) is 0 Å². The number of hydrogen-bond acceptors (Lipinski definition) is 2. The quantitative estimate of drug-likeness (QED) is 0.925. The lowest BCUT2D eigenvalue weighted by Crippen LogP contribution is -2.24. The summed E-state index contributed by atoms with van der Waals surface area (Å²) in [4.78, 5) is 0. The molecule has 2 rings (SSSR count). The molecule has 4 heteroatoms. The highest BCUT2D eigenvalue weighted by Crippen LogP contribution is 2.30. The Bertz CT molecular complexity index is 594. The number of halogens is 2. The molecule has 1 atom stereocenters. The minimum absolute atomic E-state index is 0.232. The predicted octanol–water partition coefficient (Wildman–Crippen LogP) is 3.94. The smallest absolute Gasteiger partial charge is 0.123 e. The Kier molecular flexibility index (Phi) is 4.31. The van der Waals surface area contributed by atoms with Crippen LogP contribution < -0.4 is 4.74 Å². The molecule has 0 amide bonds. The molecule has 0 aliphatic rings. The van der Waals surface area contributed by atoms with Gasteiger partial charge in [0.15, 0.2) is 0 Å². The third-order valence-electron chi connectivity index (χ3n) is 3.25. The summed E-state index contributed by atoms with van der Waals surface area (Å²) in [6, 6.07) is 11.3. The number of aliphatic hydroxyl groups is 1. The van der Waals surface area contributed by atoms with Crippen molar-refractivity contribution in [3.05, 3.63) is 64.4 Å². The molecule has 0 radical (unpaired) electrons. The highest BCUT2D eigenvalue weighted by atomic mass is 35.5. The fraction of sp³-hybridized carbons (Fsp3) is 0.250. The van der Waals surface area contributed by atoms with Crippen molar-refractivity contribution in [2.75, 3.05) is 7.11 Å². The fourth-order valence-electron chi connectivity index (χ4n) is 2.10. The molecule has 2 aromatic rings. The zero-order chi connectivity index (χ0) is 14.8. The molecule has 0 spiro atoms. The average molecular weight is 295 g/mol. The van der Waals surface area contributed by atoms with E-state index in [1.807, 2.05) is 0 Å². The van der Waals surface area contributed by atoms with Gasteiger partial charge in [0.25, 0.3) is 0 Å². The monoisotopic (exact) mass is 294 g/mol. The first-order chi connectivity index (χ1) is 9.42. The van der Waals surface area contributed by atoms with Crippen LogP contribution in [0, 0.1) is 5.82 Å². The second kappa shape index (κ2) is 5.81. The summed E-state index contributed by atoms with van der Waals surface area (Å²) in [5.74, 6) is 0.350. The molecule has 0 saturated carbocycles. The SMILES string of the molecule is COc1ccc(C(C)(O)Cc2cc(F)ccc2Cl)cc1. The fourth-order valence-corrected chi connectivity index (χ4v) is 2.29. The van der Waals surface area contributed by atoms with Crippen molar-refractivity contribution < 1.29 is 14.2 Å². The lowest BCUT2D eigenvalue weighted by atomic mass is 9.89. The zero-order valence-electron chi connectivity index (χ0n) is 11.4. The van der Waals surface area contributed by atoms with Gasteiger partial charge in [-0.3, -0.25) is 0 Å². The van der Waals surface area contributed by atoms with E-state index in [-0.39, 0.29) is 12.2 Å². The van der Waals surface area contributed by atoms with Gasteiger partial charge in [0, 0.05) is 11.4 Å². The van der Waals surface area contributed by atoms with Crippen LogP contribution in [0.25, 0.3) is 0 Å². The molecule has 0 aliphatic carbocycles.